The van der Waals surface area contributed by atoms with Gasteiger partial charge in [0.25, 0.3) is 5.91 Å². The third-order valence-electron chi connectivity index (χ3n) is 4.50. The van der Waals surface area contributed by atoms with Gasteiger partial charge in [0.15, 0.2) is 5.13 Å². The standard InChI is InChI=1S/C23H24FN3O3S/c1-14(2)9-17-10-18(24)7-8-20(17)25-12-15-3-5-16(6-4-15)22(30)27-23-26-19(13-31-23)11-21(28)29/h3-8,10,13-14,25H,9,11-12H2,1-2H3,(H,28,29)(H,26,27,30). The molecule has 31 heavy (non-hydrogen) atoms. The summed E-state index contributed by atoms with van der Waals surface area (Å²) in [4.78, 5) is 27.2. The van der Waals surface area contributed by atoms with E-state index in [1.165, 1.54) is 17.4 Å². The average Bonchev–Trinajstić information content (AvgIpc) is 3.13. The summed E-state index contributed by atoms with van der Waals surface area (Å²) in [6.45, 7) is 4.73. The lowest BCUT2D eigenvalue weighted by Crippen LogP contribution is -2.12. The summed E-state index contributed by atoms with van der Waals surface area (Å²) in [6.07, 6.45) is 0.602. The lowest BCUT2D eigenvalue weighted by Gasteiger charge is -2.14. The van der Waals surface area contributed by atoms with Crippen molar-refractivity contribution in [2.75, 3.05) is 10.6 Å². The Morgan fingerprint density at radius 2 is 1.90 bits per heavy atom. The van der Waals surface area contributed by atoms with Crippen LogP contribution in [0.2, 0.25) is 0 Å². The van der Waals surface area contributed by atoms with Crippen LogP contribution in [0.25, 0.3) is 0 Å². The summed E-state index contributed by atoms with van der Waals surface area (Å²) in [5, 5.41) is 16.8. The van der Waals surface area contributed by atoms with Gasteiger partial charge in [-0.1, -0.05) is 26.0 Å². The minimum Gasteiger partial charge on any atom is -0.481 e. The number of carbonyl (C=O) groups is 2. The van der Waals surface area contributed by atoms with Crippen molar-refractivity contribution in [1.82, 2.24) is 4.98 Å². The molecule has 0 aliphatic rings. The third kappa shape index (κ3) is 6.62. The van der Waals surface area contributed by atoms with Gasteiger partial charge in [0.2, 0.25) is 0 Å². The molecule has 0 aliphatic carbocycles. The van der Waals surface area contributed by atoms with Crippen LogP contribution >= 0.6 is 11.3 Å². The highest BCUT2D eigenvalue weighted by atomic mass is 32.1. The van der Waals surface area contributed by atoms with E-state index in [-0.39, 0.29) is 18.1 Å². The highest BCUT2D eigenvalue weighted by Gasteiger charge is 2.11. The molecule has 0 atom stereocenters. The fraction of sp³-hybridized carbons (Fsp3) is 0.261. The molecular weight excluding hydrogens is 417 g/mol. The molecule has 0 unspecified atom stereocenters. The largest absolute Gasteiger partial charge is 0.481 e. The molecule has 0 aliphatic heterocycles. The van der Waals surface area contributed by atoms with E-state index in [0.29, 0.717) is 28.9 Å². The van der Waals surface area contributed by atoms with Gasteiger partial charge in [-0.05, 0) is 53.8 Å². The molecule has 0 saturated carbocycles. The van der Waals surface area contributed by atoms with Gasteiger partial charge >= 0.3 is 5.97 Å². The van der Waals surface area contributed by atoms with Crippen LogP contribution in [0.1, 0.15) is 41.0 Å². The van der Waals surface area contributed by atoms with Crippen molar-refractivity contribution in [2.45, 2.75) is 33.2 Å². The van der Waals surface area contributed by atoms with E-state index in [2.05, 4.69) is 29.5 Å². The van der Waals surface area contributed by atoms with Crippen LogP contribution in [0.5, 0.6) is 0 Å². The summed E-state index contributed by atoms with van der Waals surface area (Å²) in [6, 6.07) is 11.9. The van der Waals surface area contributed by atoms with Gasteiger partial charge in [-0.15, -0.1) is 11.3 Å². The van der Waals surface area contributed by atoms with Gasteiger partial charge in [-0.25, -0.2) is 9.37 Å². The molecule has 6 nitrogen and oxygen atoms in total. The number of hydrogen-bond donors (Lipinski definition) is 3. The molecule has 8 heteroatoms. The minimum atomic E-state index is -0.968. The zero-order valence-corrected chi connectivity index (χ0v) is 18.1. The Morgan fingerprint density at radius 3 is 2.58 bits per heavy atom. The Morgan fingerprint density at radius 1 is 1.16 bits per heavy atom. The molecule has 3 rings (SSSR count). The molecule has 3 aromatic rings. The second kappa shape index (κ2) is 10.2. The molecule has 1 heterocycles. The number of nitrogens with one attached hydrogen (secondary N) is 2. The number of anilines is 2. The van der Waals surface area contributed by atoms with Crippen molar-refractivity contribution in [3.05, 3.63) is 76.0 Å². The Bertz CT molecular complexity index is 1060. The van der Waals surface area contributed by atoms with E-state index in [4.69, 9.17) is 5.11 Å². The average molecular weight is 442 g/mol. The number of aromatic nitrogens is 1. The van der Waals surface area contributed by atoms with E-state index in [0.717, 1.165) is 23.2 Å². The predicted octanol–water partition coefficient (Wildman–Crippen LogP) is 4.97. The van der Waals surface area contributed by atoms with Crippen LogP contribution in [0.15, 0.2) is 47.8 Å². The maximum atomic E-state index is 13.6. The number of halogens is 1. The van der Waals surface area contributed by atoms with Gasteiger partial charge in [0.05, 0.1) is 12.1 Å². The molecule has 1 amide bonds. The number of carbonyl (C=O) groups excluding carboxylic acids is 1. The fourth-order valence-electron chi connectivity index (χ4n) is 3.08. The zero-order chi connectivity index (χ0) is 22.4. The summed E-state index contributed by atoms with van der Waals surface area (Å²) in [5.74, 6) is -1.11. The topological polar surface area (TPSA) is 91.3 Å². The van der Waals surface area contributed by atoms with E-state index in [9.17, 15) is 14.0 Å². The van der Waals surface area contributed by atoms with Gasteiger partial charge in [-0.2, -0.15) is 0 Å². The number of carboxylic acid groups (broad SMARTS) is 1. The van der Waals surface area contributed by atoms with Gasteiger partial charge in [-0.3, -0.25) is 14.9 Å². The van der Waals surface area contributed by atoms with Gasteiger partial charge in [0, 0.05) is 23.2 Å². The van der Waals surface area contributed by atoms with Crippen molar-refractivity contribution in [2.24, 2.45) is 5.92 Å². The quantitative estimate of drug-likeness (QED) is 0.436. The second-order valence-corrected chi connectivity index (χ2v) is 8.48. The van der Waals surface area contributed by atoms with Crippen LogP contribution in [-0.4, -0.2) is 22.0 Å². The third-order valence-corrected chi connectivity index (χ3v) is 5.31. The van der Waals surface area contributed by atoms with E-state index in [1.807, 2.05) is 12.1 Å². The van der Waals surface area contributed by atoms with Crippen molar-refractivity contribution in [3.63, 3.8) is 0 Å². The molecule has 0 radical (unpaired) electrons. The molecule has 2 aromatic carbocycles. The highest BCUT2D eigenvalue weighted by molar-refractivity contribution is 7.14. The molecule has 3 N–H and O–H groups in total. The number of rotatable bonds is 9. The first-order valence-corrected chi connectivity index (χ1v) is 10.8. The van der Waals surface area contributed by atoms with E-state index >= 15 is 0 Å². The predicted molar refractivity (Wildman–Crippen MR) is 120 cm³/mol. The maximum Gasteiger partial charge on any atom is 0.309 e. The monoisotopic (exact) mass is 441 g/mol. The van der Waals surface area contributed by atoms with Crippen LogP contribution < -0.4 is 10.6 Å². The van der Waals surface area contributed by atoms with Gasteiger partial charge < -0.3 is 10.4 Å². The number of benzene rings is 2. The lowest BCUT2D eigenvalue weighted by molar-refractivity contribution is -0.136. The SMILES string of the molecule is CC(C)Cc1cc(F)ccc1NCc1ccc(C(=O)Nc2nc(CC(=O)O)cs2)cc1. The Labute approximate surface area is 184 Å². The molecule has 1 aromatic heterocycles. The maximum absolute atomic E-state index is 13.6. The van der Waals surface area contributed by atoms with Crippen molar-refractivity contribution < 1.29 is 19.1 Å². The molecule has 0 fully saturated rings. The number of aliphatic carboxylic acids is 1. The number of carboxylic acids is 1. The Kier molecular flexibility index (Phi) is 7.36. The summed E-state index contributed by atoms with van der Waals surface area (Å²) < 4.78 is 13.6. The number of hydrogen-bond acceptors (Lipinski definition) is 5. The van der Waals surface area contributed by atoms with Crippen LogP contribution in [0.3, 0.4) is 0 Å². The molecule has 0 saturated heterocycles. The molecule has 0 spiro atoms. The van der Waals surface area contributed by atoms with Crippen molar-refractivity contribution in [1.29, 1.82) is 0 Å². The Hall–Kier alpha value is -3.26. The first-order chi connectivity index (χ1) is 14.8. The number of thiazole rings is 1. The summed E-state index contributed by atoms with van der Waals surface area (Å²) >= 11 is 1.19. The number of amides is 1. The molecule has 0 bridgehead atoms. The normalized spacial score (nSPS) is 10.8. The molecule has 162 valence electrons. The smallest absolute Gasteiger partial charge is 0.309 e. The van der Waals surface area contributed by atoms with Gasteiger partial charge in [0.1, 0.15) is 5.82 Å². The van der Waals surface area contributed by atoms with Crippen molar-refractivity contribution >= 4 is 34.0 Å². The van der Waals surface area contributed by atoms with Crippen LogP contribution in [-0.2, 0) is 24.2 Å². The molecular formula is C23H24FN3O3S. The first kappa shape index (κ1) is 22.4. The lowest BCUT2D eigenvalue weighted by atomic mass is 10.0. The van der Waals surface area contributed by atoms with Crippen molar-refractivity contribution in [3.8, 4) is 0 Å². The summed E-state index contributed by atoms with van der Waals surface area (Å²) in [7, 11) is 0. The van der Waals surface area contributed by atoms with E-state index in [1.54, 1.807) is 29.6 Å². The minimum absolute atomic E-state index is 0.180. The van der Waals surface area contributed by atoms with Crippen LogP contribution in [0, 0.1) is 11.7 Å². The number of nitrogens with zero attached hydrogens (tertiary/aromatic N) is 1. The zero-order valence-electron chi connectivity index (χ0n) is 17.3. The Balaban J connectivity index is 1.60. The first-order valence-electron chi connectivity index (χ1n) is 9.89. The summed E-state index contributed by atoms with van der Waals surface area (Å²) in [5.41, 5.74) is 3.71. The van der Waals surface area contributed by atoms with Crippen LogP contribution in [0.4, 0.5) is 15.2 Å². The fourth-order valence-corrected chi connectivity index (χ4v) is 3.79. The second-order valence-electron chi connectivity index (χ2n) is 7.62. The van der Waals surface area contributed by atoms with E-state index < -0.39 is 5.97 Å². The highest BCUT2D eigenvalue weighted by Crippen LogP contribution is 2.22.